The lowest BCUT2D eigenvalue weighted by Crippen LogP contribution is -2.41. The molecule has 6 heteroatoms. The van der Waals surface area contributed by atoms with Gasteiger partial charge in [-0.3, -0.25) is 4.79 Å². The summed E-state index contributed by atoms with van der Waals surface area (Å²) < 4.78 is 10.5. The minimum Gasteiger partial charge on any atom is -0.444 e. The predicted octanol–water partition coefficient (Wildman–Crippen LogP) is 3.24. The van der Waals surface area contributed by atoms with E-state index in [-0.39, 0.29) is 11.7 Å². The van der Waals surface area contributed by atoms with Gasteiger partial charge in [-0.2, -0.15) is 5.16 Å². The van der Waals surface area contributed by atoms with E-state index < -0.39 is 5.60 Å². The van der Waals surface area contributed by atoms with Gasteiger partial charge in [-0.15, -0.1) is 0 Å². The molecule has 1 aromatic heterocycles. The molecule has 124 valence electrons. The molecule has 0 aliphatic carbocycles. The molecule has 23 heavy (non-hydrogen) atoms. The molecule has 1 fully saturated rings. The van der Waals surface area contributed by atoms with E-state index in [9.17, 15) is 9.59 Å². The van der Waals surface area contributed by atoms with Crippen LogP contribution in [0.3, 0.4) is 0 Å². The highest BCUT2D eigenvalue weighted by Crippen LogP contribution is 2.30. The number of likely N-dealkylation sites (tertiary alicyclic amines) is 1. The van der Waals surface area contributed by atoms with Crippen LogP contribution in [-0.4, -0.2) is 34.8 Å². The third-order valence-corrected chi connectivity index (χ3v) is 4.12. The van der Waals surface area contributed by atoms with E-state index in [1.54, 1.807) is 4.90 Å². The smallest absolute Gasteiger partial charge is 0.410 e. The molecule has 2 aromatic rings. The van der Waals surface area contributed by atoms with Gasteiger partial charge in [0.15, 0.2) is 5.58 Å². The van der Waals surface area contributed by atoms with Crippen molar-refractivity contribution in [3.63, 3.8) is 0 Å². The SMILES string of the molecule is CC(C)(C)OC(=O)N1CCC(c2ccc3o[nH]c(=O)c3c2)CC1. The summed E-state index contributed by atoms with van der Waals surface area (Å²) in [6.07, 6.45) is 1.47. The van der Waals surface area contributed by atoms with Crippen LogP contribution >= 0.6 is 0 Å². The van der Waals surface area contributed by atoms with Crippen molar-refractivity contribution in [2.75, 3.05) is 13.1 Å². The third-order valence-electron chi connectivity index (χ3n) is 4.12. The Hall–Kier alpha value is -2.24. The summed E-state index contributed by atoms with van der Waals surface area (Å²) in [5.41, 5.74) is 1.02. The maximum atomic E-state index is 12.1. The van der Waals surface area contributed by atoms with Crippen molar-refractivity contribution in [1.82, 2.24) is 10.1 Å². The van der Waals surface area contributed by atoms with Gasteiger partial charge in [0.2, 0.25) is 0 Å². The monoisotopic (exact) mass is 318 g/mol. The number of carbonyl (C=O) groups excluding carboxylic acids is 1. The van der Waals surface area contributed by atoms with Crippen LogP contribution in [0.25, 0.3) is 11.0 Å². The first kappa shape index (κ1) is 15.6. The Kier molecular flexibility index (Phi) is 3.92. The number of hydrogen-bond donors (Lipinski definition) is 1. The minimum atomic E-state index is -0.471. The number of piperidine rings is 1. The zero-order valence-corrected chi connectivity index (χ0v) is 13.7. The zero-order chi connectivity index (χ0) is 16.6. The fraction of sp³-hybridized carbons (Fsp3) is 0.529. The summed E-state index contributed by atoms with van der Waals surface area (Å²) in [5.74, 6) is 0.340. The first-order chi connectivity index (χ1) is 10.8. The zero-order valence-electron chi connectivity index (χ0n) is 13.7. The molecule has 1 aliphatic rings. The van der Waals surface area contributed by atoms with Gasteiger partial charge in [0.25, 0.3) is 5.56 Å². The predicted molar refractivity (Wildman–Crippen MR) is 86.6 cm³/mol. The van der Waals surface area contributed by atoms with Crippen LogP contribution < -0.4 is 5.56 Å². The summed E-state index contributed by atoms with van der Waals surface area (Å²) >= 11 is 0. The number of rotatable bonds is 1. The number of nitrogens with zero attached hydrogens (tertiary/aromatic N) is 1. The quantitative estimate of drug-likeness (QED) is 0.876. The van der Waals surface area contributed by atoms with Crippen molar-refractivity contribution in [2.45, 2.75) is 45.1 Å². The Labute approximate surface area is 134 Å². The van der Waals surface area contributed by atoms with Crippen LogP contribution in [-0.2, 0) is 4.74 Å². The molecule has 0 spiro atoms. The van der Waals surface area contributed by atoms with Gasteiger partial charge >= 0.3 is 6.09 Å². The van der Waals surface area contributed by atoms with Crippen molar-refractivity contribution >= 4 is 17.1 Å². The Balaban J connectivity index is 1.67. The second-order valence-corrected chi connectivity index (χ2v) is 7.03. The summed E-state index contributed by atoms with van der Waals surface area (Å²) in [6.45, 7) is 6.94. The molecule has 0 saturated carbocycles. The van der Waals surface area contributed by atoms with Crippen LogP contribution in [0.5, 0.6) is 0 Å². The summed E-state index contributed by atoms with van der Waals surface area (Å²) in [7, 11) is 0. The number of nitrogens with one attached hydrogen (secondary N) is 1. The van der Waals surface area contributed by atoms with E-state index in [2.05, 4.69) is 5.16 Å². The summed E-state index contributed by atoms with van der Waals surface area (Å²) in [5, 5.41) is 2.93. The molecule has 3 rings (SSSR count). The molecule has 0 atom stereocenters. The highest BCUT2D eigenvalue weighted by atomic mass is 16.6. The van der Waals surface area contributed by atoms with Crippen LogP contribution in [0, 0.1) is 0 Å². The van der Waals surface area contributed by atoms with E-state index in [4.69, 9.17) is 9.26 Å². The molecule has 6 nitrogen and oxygen atoms in total. The largest absolute Gasteiger partial charge is 0.444 e. The molecule has 1 N–H and O–H groups in total. The number of aromatic amines is 1. The highest BCUT2D eigenvalue weighted by Gasteiger charge is 2.27. The van der Waals surface area contributed by atoms with Gasteiger partial charge in [0, 0.05) is 13.1 Å². The van der Waals surface area contributed by atoms with Gasteiger partial charge in [0.1, 0.15) is 5.60 Å². The van der Waals surface area contributed by atoms with Crippen LogP contribution in [0.2, 0.25) is 0 Å². The minimum absolute atomic E-state index is 0.201. The number of ether oxygens (including phenoxy) is 1. The fourth-order valence-corrected chi connectivity index (χ4v) is 2.95. The fourth-order valence-electron chi connectivity index (χ4n) is 2.95. The van der Waals surface area contributed by atoms with Gasteiger partial charge in [0.05, 0.1) is 5.39 Å². The van der Waals surface area contributed by atoms with E-state index in [1.807, 2.05) is 39.0 Å². The first-order valence-corrected chi connectivity index (χ1v) is 7.92. The van der Waals surface area contributed by atoms with Gasteiger partial charge in [-0.1, -0.05) is 6.07 Å². The number of amides is 1. The number of benzene rings is 1. The Bertz CT molecular complexity index is 761. The first-order valence-electron chi connectivity index (χ1n) is 7.92. The number of aromatic nitrogens is 1. The third kappa shape index (κ3) is 3.41. The molecule has 1 aromatic carbocycles. The second-order valence-electron chi connectivity index (χ2n) is 7.03. The average Bonchev–Trinajstić information content (AvgIpc) is 2.87. The molecular weight excluding hydrogens is 296 g/mol. The van der Waals surface area contributed by atoms with Crippen molar-refractivity contribution in [1.29, 1.82) is 0 Å². The molecule has 1 amide bonds. The molecule has 2 heterocycles. The molecular formula is C17H22N2O4. The van der Waals surface area contributed by atoms with Crippen molar-refractivity contribution < 1.29 is 14.1 Å². The van der Waals surface area contributed by atoms with E-state index in [0.29, 0.717) is 30.0 Å². The van der Waals surface area contributed by atoms with E-state index in [0.717, 1.165) is 18.4 Å². The Morgan fingerprint density at radius 2 is 2.00 bits per heavy atom. The highest BCUT2D eigenvalue weighted by molar-refractivity contribution is 5.76. The van der Waals surface area contributed by atoms with Crippen LogP contribution in [0.1, 0.15) is 45.1 Å². The maximum Gasteiger partial charge on any atom is 0.410 e. The number of carbonyl (C=O) groups is 1. The lowest BCUT2D eigenvalue weighted by molar-refractivity contribution is 0.0205. The van der Waals surface area contributed by atoms with E-state index in [1.165, 1.54) is 0 Å². The lowest BCUT2D eigenvalue weighted by Gasteiger charge is -2.33. The summed E-state index contributed by atoms with van der Waals surface area (Å²) in [6, 6.07) is 5.71. The van der Waals surface area contributed by atoms with Gasteiger partial charge in [-0.25, -0.2) is 4.79 Å². The van der Waals surface area contributed by atoms with Crippen molar-refractivity contribution in [2.24, 2.45) is 0 Å². The number of fused-ring (bicyclic) bond motifs is 1. The second kappa shape index (κ2) is 5.76. The molecule has 0 radical (unpaired) electrons. The van der Waals surface area contributed by atoms with Gasteiger partial charge in [-0.05, 0) is 57.2 Å². The van der Waals surface area contributed by atoms with Crippen molar-refractivity contribution in [3.8, 4) is 0 Å². The molecule has 1 saturated heterocycles. The Morgan fingerprint density at radius 3 is 2.65 bits per heavy atom. The molecule has 0 bridgehead atoms. The van der Waals surface area contributed by atoms with Gasteiger partial charge < -0.3 is 14.2 Å². The molecule has 1 aliphatic heterocycles. The maximum absolute atomic E-state index is 12.1. The average molecular weight is 318 g/mol. The number of H-pyrrole nitrogens is 1. The van der Waals surface area contributed by atoms with Crippen LogP contribution in [0.4, 0.5) is 4.79 Å². The Morgan fingerprint density at radius 1 is 1.30 bits per heavy atom. The van der Waals surface area contributed by atoms with Crippen molar-refractivity contribution in [3.05, 3.63) is 34.1 Å². The molecule has 0 unspecified atom stereocenters. The standard InChI is InChI=1S/C17H22N2O4/c1-17(2,3)22-16(21)19-8-6-11(7-9-19)12-4-5-14-13(10-12)15(20)18-23-14/h4-5,10-11H,6-9H2,1-3H3,(H,18,20). The number of hydrogen-bond acceptors (Lipinski definition) is 4. The normalized spacial score (nSPS) is 16.7. The lowest BCUT2D eigenvalue weighted by atomic mass is 9.89. The van der Waals surface area contributed by atoms with E-state index >= 15 is 0 Å². The van der Waals surface area contributed by atoms with Crippen LogP contribution in [0.15, 0.2) is 27.5 Å². The summed E-state index contributed by atoms with van der Waals surface area (Å²) in [4.78, 5) is 25.5. The topological polar surface area (TPSA) is 75.5 Å².